The highest BCUT2D eigenvalue weighted by Gasteiger charge is 2.27. The van der Waals surface area contributed by atoms with Crippen LogP contribution in [0, 0.1) is 16.0 Å². The minimum Gasteiger partial charge on any atom is -0.396 e. The molecule has 0 spiro atoms. The molecule has 2 aliphatic rings. The van der Waals surface area contributed by atoms with Crippen LogP contribution in [0.15, 0.2) is 24.3 Å². The lowest BCUT2D eigenvalue weighted by atomic mass is 9.93. The van der Waals surface area contributed by atoms with Crippen LogP contribution in [0.25, 0.3) is 0 Å². The molecule has 1 saturated carbocycles. The maximum absolute atomic E-state index is 10.8. The first kappa shape index (κ1) is 18.1. The summed E-state index contributed by atoms with van der Waals surface area (Å²) in [6.07, 6.45) is 8.24. The average molecular weight is 347 g/mol. The largest absolute Gasteiger partial charge is 0.396 e. The average Bonchev–Trinajstić information content (AvgIpc) is 2.87. The molecule has 1 aliphatic carbocycles. The normalized spacial score (nSPS) is 25.6. The molecule has 1 aliphatic heterocycles. The summed E-state index contributed by atoms with van der Waals surface area (Å²) >= 11 is 0. The van der Waals surface area contributed by atoms with Crippen molar-refractivity contribution in [1.82, 2.24) is 5.32 Å². The van der Waals surface area contributed by atoms with E-state index in [1.54, 1.807) is 12.1 Å². The van der Waals surface area contributed by atoms with Gasteiger partial charge in [-0.3, -0.25) is 10.1 Å². The van der Waals surface area contributed by atoms with Crippen LogP contribution < -0.4 is 10.2 Å². The minimum atomic E-state index is -0.357. The Morgan fingerprint density at radius 3 is 2.40 bits per heavy atom. The molecule has 0 amide bonds. The zero-order valence-electron chi connectivity index (χ0n) is 14.8. The predicted molar refractivity (Wildman–Crippen MR) is 98.9 cm³/mol. The molecule has 2 N–H and O–H groups in total. The summed E-state index contributed by atoms with van der Waals surface area (Å²) < 4.78 is 0. The Hall–Kier alpha value is -1.66. The lowest BCUT2D eigenvalue weighted by Gasteiger charge is -2.37. The molecular formula is C19H29N3O3. The van der Waals surface area contributed by atoms with Gasteiger partial charge in [-0.05, 0) is 43.7 Å². The van der Waals surface area contributed by atoms with Crippen LogP contribution in [0.3, 0.4) is 0 Å². The van der Waals surface area contributed by atoms with Crippen LogP contribution in [0.2, 0.25) is 0 Å². The van der Waals surface area contributed by atoms with E-state index >= 15 is 0 Å². The molecule has 1 heterocycles. The van der Waals surface area contributed by atoms with E-state index < -0.39 is 0 Å². The summed E-state index contributed by atoms with van der Waals surface area (Å²) in [5.74, 6) is 0.398. The molecular weight excluding hydrogens is 318 g/mol. The van der Waals surface area contributed by atoms with Gasteiger partial charge in [0.2, 0.25) is 0 Å². The maximum Gasteiger partial charge on any atom is 0.269 e. The number of piperidine rings is 1. The molecule has 0 radical (unpaired) electrons. The molecule has 0 bridgehead atoms. The number of hydrogen-bond acceptors (Lipinski definition) is 5. The fourth-order valence-electron chi connectivity index (χ4n) is 4.21. The van der Waals surface area contributed by atoms with E-state index in [2.05, 4.69) is 10.2 Å². The van der Waals surface area contributed by atoms with Crippen molar-refractivity contribution in [2.24, 2.45) is 5.92 Å². The van der Waals surface area contributed by atoms with Gasteiger partial charge in [-0.1, -0.05) is 19.3 Å². The smallest absolute Gasteiger partial charge is 0.269 e. The number of nitro benzene ring substituents is 1. The van der Waals surface area contributed by atoms with Crippen LogP contribution in [-0.2, 0) is 0 Å². The summed E-state index contributed by atoms with van der Waals surface area (Å²) in [4.78, 5) is 12.7. The second-order valence-electron chi connectivity index (χ2n) is 7.39. The van der Waals surface area contributed by atoms with Gasteiger partial charge in [0.05, 0.1) is 4.92 Å². The van der Waals surface area contributed by atoms with E-state index in [1.165, 1.54) is 25.7 Å². The van der Waals surface area contributed by atoms with E-state index in [-0.39, 0.29) is 10.6 Å². The van der Waals surface area contributed by atoms with Gasteiger partial charge in [0.1, 0.15) is 0 Å². The van der Waals surface area contributed by atoms with Gasteiger partial charge in [0, 0.05) is 49.6 Å². The Morgan fingerprint density at radius 1 is 1.08 bits per heavy atom. The topological polar surface area (TPSA) is 78.6 Å². The molecule has 0 aromatic heterocycles. The summed E-state index contributed by atoms with van der Waals surface area (Å²) in [6.45, 7) is 2.22. The van der Waals surface area contributed by atoms with Crippen molar-refractivity contribution >= 4 is 11.4 Å². The number of benzene rings is 1. The van der Waals surface area contributed by atoms with E-state index in [9.17, 15) is 15.2 Å². The third-order valence-electron chi connectivity index (χ3n) is 5.76. The molecule has 1 saturated heterocycles. The summed E-state index contributed by atoms with van der Waals surface area (Å²) in [5.41, 5.74) is 1.20. The Kier molecular flexibility index (Phi) is 6.26. The molecule has 2 atom stereocenters. The molecule has 2 unspecified atom stereocenters. The molecule has 25 heavy (non-hydrogen) atoms. The predicted octanol–water partition coefficient (Wildman–Crippen LogP) is 3.09. The van der Waals surface area contributed by atoms with Crippen molar-refractivity contribution in [1.29, 1.82) is 0 Å². The van der Waals surface area contributed by atoms with Gasteiger partial charge in [-0.25, -0.2) is 0 Å². The van der Waals surface area contributed by atoms with Crippen molar-refractivity contribution in [3.8, 4) is 0 Å². The van der Waals surface area contributed by atoms with Crippen molar-refractivity contribution in [3.63, 3.8) is 0 Å². The third kappa shape index (κ3) is 4.70. The molecule has 6 heteroatoms. The maximum atomic E-state index is 10.8. The Balaban J connectivity index is 1.51. The molecule has 6 nitrogen and oxygen atoms in total. The molecule has 2 fully saturated rings. The SMILES string of the molecule is O=[N+]([O-])c1ccc(N2CCC(NC3CCCCCC3CO)CC2)cc1. The number of aliphatic hydroxyl groups excluding tert-OH is 1. The lowest BCUT2D eigenvalue weighted by molar-refractivity contribution is -0.384. The van der Waals surface area contributed by atoms with Crippen molar-refractivity contribution in [2.75, 3.05) is 24.6 Å². The van der Waals surface area contributed by atoms with Crippen molar-refractivity contribution in [2.45, 2.75) is 57.0 Å². The number of rotatable bonds is 5. The fourth-order valence-corrected chi connectivity index (χ4v) is 4.21. The Labute approximate surface area is 149 Å². The number of hydrogen-bond donors (Lipinski definition) is 2. The van der Waals surface area contributed by atoms with Gasteiger partial charge < -0.3 is 15.3 Å². The number of nitrogens with one attached hydrogen (secondary N) is 1. The molecule has 1 aromatic carbocycles. The zero-order chi connectivity index (χ0) is 17.6. The van der Waals surface area contributed by atoms with Crippen molar-refractivity contribution in [3.05, 3.63) is 34.4 Å². The quantitative estimate of drug-likeness (QED) is 0.486. The monoisotopic (exact) mass is 347 g/mol. The van der Waals surface area contributed by atoms with Gasteiger partial charge in [-0.15, -0.1) is 0 Å². The Morgan fingerprint density at radius 2 is 1.76 bits per heavy atom. The van der Waals surface area contributed by atoms with Crippen LogP contribution in [0.5, 0.6) is 0 Å². The van der Waals surface area contributed by atoms with Crippen molar-refractivity contribution < 1.29 is 10.0 Å². The zero-order valence-corrected chi connectivity index (χ0v) is 14.8. The number of nitrogens with zero attached hydrogens (tertiary/aromatic N) is 2. The van der Waals surface area contributed by atoms with Gasteiger partial charge in [0.15, 0.2) is 0 Å². The molecule has 1 aromatic rings. The van der Waals surface area contributed by atoms with E-state index in [0.717, 1.165) is 38.0 Å². The summed E-state index contributed by atoms with van der Waals surface area (Å²) in [6, 6.07) is 7.81. The van der Waals surface area contributed by atoms with Gasteiger partial charge in [0.25, 0.3) is 5.69 Å². The second-order valence-corrected chi connectivity index (χ2v) is 7.39. The second kappa shape index (κ2) is 8.63. The van der Waals surface area contributed by atoms with E-state index in [1.807, 2.05) is 12.1 Å². The van der Waals surface area contributed by atoms with E-state index in [0.29, 0.717) is 24.6 Å². The number of non-ortho nitro benzene ring substituents is 1. The number of anilines is 1. The standard InChI is InChI=1S/C19H29N3O3/c23-14-15-4-2-1-3-5-19(15)20-16-10-12-21(13-11-16)17-6-8-18(9-7-17)22(24)25/h6-9,15-16,19-20,23H,1-5,10-14H2. The highest BCUT2D eigenvalue weighted by molar-refractivity contribution is 5.51. The van der Waals surface area contributed by atoms with Gasteiger partial charge >= 0.3 is 0 Å². The lowest BCUT2D eigenvalue weighted by Crippen LogP contribution is -2.49. The van der Waals surface area contributed by atoms with Crippen LogP contribution in [0.1, 0.15) is 44.9 Å². The number of aliphatic hydroxyl groups is 1. The van der Waals surface area contributed by atoms with Crippen LogP contribution in [-0.4, -0.2) is 41.8 Å². The Bertz CT molecular complexity index is 556. The first-order valence-corrected chi connectivity index (χ1v) is 9.53. The van der Waals surface area contributed by atoms with E-state index in [4.69, 9.17) is 0 Å². The highest BCUT2D eigenvalue weighted by atomic mass is 16.6. The summed E-state index contributed by atoms with van der Waals surface area (Å²) in [5, 5.41) is 24.3. The van der Waals surface area contributed by atoms with Crippen LogP contribution in [0.4, 0.5) is 11.4 Å². The third-order valence-corrected chi connectivity index (χ3v) is 5.76. The highest BCUT2D eigenvalue weighted by Crippen LogP contribution is 2.26. The summed E-state index contributed by atoms with van der Waals surface area (Å²) in [7, 11) is 0. The van der Waals surface area contributed by atoms with Crippen LogP contribution >= 0.6 is 0 Å². The minimum absolute atomic E-state index is 0.142. The first-order chi connectivity index (χ1) is 12.2. The number of nitro groups is 1. The molecule has 3 rings (SSSR count). The first-order valence-electron chi connectivity index (χ1n) is 9.53. The van der Waals surface area contributed by atoms with Gasteiger partial charge in [-0.2, -0.15) is 0 Å². The fraction of sp³-hybridized carbons (Fsp3) is 0.684. The molecule has 138 valence electrons.